The van der Waals surface area contributed by atoms with Crippen LogP contribution in [-0.2, 0) is 11.0 Å². The number of pyridine rings is 1. The molecule has 1 amide bonds. The molecule has 3 aromatic carbocycles. The molecule has 0 fully saturated rings. The van der Waals surface area contributed by atoms with Crippen LogP contribution >= 0.6 is 11.8 Å². The third-order valence-corrected chi connectivity index (χ3v) is 6.39. The number of carbonyl (C=O) groups excluding carboxylic acids is 1. The average Bonchev–Trinajstić information content (AvgIpc) is 2.91. The third kappa shape index (κ3) is 6.11. The molecular weight excluding hydrogens is 499 g/mol. The van der Waals surface area contributed by atoms with E-state index in [1.165, 1.54) is 18.2 Å². The van der Waals surface area contributed by atoms with Gasteiger partial charge < -0.3 is 10.1 Å². The van der Waals surface area contributed by atoms with E-state index >= 15 is 0 Å². The molecule has 186 valence electrons. The van der Waals surface area contributed by atoms with Crippen LogP contribution in [0.5, 0.6) is 5.75 Å². The van der Waals surface area contributed by atoms with E-state index in [-0.39, 0.29) is 17.0 Å². The van der Waals surface area contributed by atoms with E-state index in [2.05, 4.69) is 16.4 Å². The van der Waals surface area contributed by atoms with Gasteiger partial charge in [0, 0.05) is 11.1 Å². The second-order valence-electron chi connectivity index (χ2n) is 7.82. The van der Waals surface area contributed by atoms with E-state index in [0.717, 1.165) is 29.0 Å². The Morgan fingerprint density at radius 1 is 1.00 bits per heavy atom. The number of ether oxygens (including phenoxy) is 1. The predicted octanol–water partition coefficient (Wildman–Crippen LogP) is 7.05. The number of benzene rings is 3. The van der Waals surface area contributed by atoms with Crippen LogP contribution in [0.1, 0.15) is 11.1 Å². The molecule has 0 aliphatic rings. The van der Waals surface area contributed by atoms with Crippen LogP contribution in [0.2, 0.25) is 0 Å². The number of anilines is 1. The maximum absolute atomic E-state index is 13.3. The molecule has 0 saturated heterocycles. The highest BCUT2D eigenvalue weighted by Crippen LogP contribution is 2.36. The highest BCUT2D eigenvalue weighted by Gasteiger charge is 2.33. The molecule has 4 rings (SSSR count). The number of hydrogen-bond donors (Lipinski definition) is 1. The van der Waals surface area contributed by atoms with E-state index in [1.54, 1.807) is 25.3 Å². The van der Waals surface area contributed by atoms with Gasteiger partial charge in [-0.1, -0.05) is 54.2 Å². The summed E-state index contributed by atoms with van der Waals surface area (Å²) >= 11 is 0.986. The van der Waals surface area contributed by atoms with Crippen LogP contribution < -0.4 is 10.1 Å². The van der Waals surface area contributed by atoms with Gasteiger partial charge in [-0.3, -0.25) is 4.79 Å². The highest BCUT2D eigenvalue weighted by atomic mass is 32.2. The standard InChI is InChI=1S/C28H20F3N3O2S/c1-36-20-13-11-19(12-14-20)25-15-21(18-7-3-2-4-8-18)22(16-32)27(34-25)37-17-26(35)33-24-10-6-5-9-23(24)28(29,30)31/h2-15H,17H2,1H3,(H,33,35). The molecule has 0 unspecified atom stereocenters. The average molecular weight is 520 g/mol. The Morgan fingerprint density at radius 2 is 1.68 bits per heavy atom. The summed E-state index contributed by atoms with van der Waals surface area (Å²) in [4.78, 5) is 17.3. The quantitative estimate of drug-likeness (QED) is 0.265. The van der Waals surface area contributed by atoms with Gasteiger partial charge in [0.1, 0.15) is 16.8 Å². The molecule has 0 spiro atoms. The van der Waals surface area contributed by atoms with Crippen LogP contribution in [0.3, 0.4) is 0 Å². The molecule has 1 aromatic heterocycles. The molecular formula is C28H20F3N3O2S. The lowest BCUT2D eigenvalue weighted by molar-refractivity contribution is -0.137. The Hall–Kier alpha value is -4.29. The maximum atomic E-state index is 13.3. The number of alkyl halides is 3. The van der Waals surface area contributed by atoms with Crippen molar-refractivity contribution in [3.8, 4) is 34.2 Å². The van der Waals surface area contributed by atoms with Crippen LogP contribution in [0.4, 0.5) is 18.9 Å². The number of para-hydroxylation sites is 1. The molecule has 0 bridgehead atoms. The first-order chi connectivity index (χ1) is 17.8. The minimum atomic E-state index is -4.61. The fraction of sp³-hybridized carbons (Fsp3) is 0.107. The van der Waals surface area contributed by atoms with Crippen molar-refractivity contribution in [2.75, 3.05) is 18.2 Å². The third-order valence-electron chi connectivity index (χ3n) is 5.42. The van der Waals surface area contributed by atoms with Gasteiger partial charge >= 0.3 is 6.18 Å². The summed E-state index contributed by atoms with van der Waals surface area (Å²) in [7, 11) is 1.56. The topological polar surface area (TPSA) is 75.0 Å². The van der Waals surface area contributed by atoms with E-state index in [1.807, 2.05) is 42.5 Å². The first kappa shape index (κ1) is 25.8. The molecule has 37 heavy (non-hydrogen) atoms. The van der Waals surface area contributed by atoms with Crippen molar-refractivity contribution < 1.29 is 22.7 Å². The normalized spacial score (nSPS) is 11.0. The molecule has 0 radical (unpaired) electrons. The number of aromatic nitrogens is 1. The molecule has 0 aliphatic heterocycles. The number of methoxy groups -OCH3 is 1. The van der Waals surface area contributed by atoms with E-state index in [4.69, 9.17) is 4.74 Å². The molecule has 1 heterocycles. The van der Waals surface area contributed by atoms with Crippen LogP contribution in [0.15, 0.2) is 90.0 Å². The van der Waals surface area contributed by atoms with E-state index in [9.17, 15) is 23.2 Å². The number of thioether (sulfide) groups is 1. The summed E-state index contributed by atoms with van der Waals surface area (Å²) in [6.45, 7) is 0. The van der Waals surface area contributed by atoms with Crippen molar-refractivity contribution in [2.24, 2.45) is 0 Å². The smallest absolute Gasteiger partial charge is 0.418 e. The number of nitrogens with one attached hydrogen (secondary N) is 1. The largest absolute Gasteiger partial charge is 0.497 e. The summed E-state index contributed by atoms with van der Waals surface area (Å²) in [6, 6.07) is 25.3. The Balaban J connectivity index is 1.67. The number of nitriles is 1. The summed E-state index contributed by atoms with van der Waals surface area (Å²) in [5.74, 6) is -0.219. The first-order valence-electron chi connectivity index (χ1n) is 11.0. The molecule has 1 N–H and O–H groups in total. The summed E-state index contributed by atoms with van der Waals surface area (Å²) in [6.07, 6.45) is -4.61. The van der Waals surface area contributed by atoms with Crippen LogP contribution in [0, 0.1) is 11.3 Å². The van der Waals surface area contributed by atoms with Gasteiger partial charge in [-0.15, -0.1) is 0 Å². The number of rotatable bonds is 7. The van der Waals surface area contributed by atoms with Crippen molar-refractivity contribution in [3.05, 3.63) is 96.1 Å². The molecule has 0 saturated carbocycles. The second kappa shape index (κ2) is 11.2. The van der Waals surface area contributed by atoms with Gasteiger partial charge in [0.25, 0.3) is 0 Å². The zero-order chi connectivity index (χ0) is 26.4. The fourth-order valence-corrected chi connectivity index (χ4v) is 4.45. The minimum Gasteiger partial charge on any atom is -0.497 e. The molecule has 4 aromatic rings. The minimum absolute atomic E-state index is 0.242. The zero-order valence-corrected chi connectivity index (χ0v) is 20.4. The lowest BCUT2D eigenvalue weighted by Crippen LogP contribution is -2.18. The Morgan fingerprint density at radius 3 is 2.32 bits per heavy atom. The second-order valence-corrected chi connectivity index (χ2v) is 8.79. The molecule has 5 nitrogen and oxygen atoms in total. The van der Waals surface area contributed by atoms with E-state index < -0.39 is 17.6 Å². The number of halogens is 3. The molecule has 0 atom stereocenters. The molecule has 0 aliphatic carbocycles. The van der Waals surface area contributed by atoms with Crippen LogP contribution in [-0.4, -0.2) is 23.8 Å². The van der Waals surface area contributed by atoms with Gasteiger partial charge in [-0.2, -0.15) is 18.4 Å². The molecule has 9 heteroatoms. The Kier molecular flexibility index (Phi) is 7.80. The number of carbonyl (C=O) groups is 1. The van der Waals surface area contributed by atoms with Crippen LogP contribution in [0.25, 0.3) is 22.4 Å². The van der Waals surface area contributed by atoms with Crippen molar-refractivity contribution in [2.45, 2.75) is 11.2 Å². The Labute approximate surface area is 215 Å². The Bertz CT molecular complexity index is 1450. The van der Waals surface area contributed by atoms with Crippen molar-refractivity contribution >= 4 is 23.4 Å². The van der Waals surface area contributed by atoms with Crippen molar-refractivity contribution in [1.82, 2.24) is 4.98 Å². The van der Waals surface area contributed by atoms with Gasteiger partial charge in [-0.25, -0.2) is 4.98 Å². The van der Waals surface area contributed by atoms with Gasteiger partial charge in [-0.05, 0) is 48.0 Å². The number of nitrogens with zero attached hydrogens (tertiary/aromatic N) is 2. The summed E-state index contributed by atoms with van der Waals surface area (Å²) < 4.78 is 45.1. The SMILES string of the molecule is COc1ccc(-c2cc(-c3ccccc3)c(C#N)c(SCC(=O)Nc3ccccc3C(F)(F)F)n2)cc1. The van der Waals surface area contributed by atoms with E-state index in [0.29, 0.717) is 22.0 Å². The van der Waals surface area contributed by atoms with Gasteiger partial charge in [0.05, 0.1) is 35.4 Å². The summed E-state index contributed by atoms with van der Waals surface area (Å²) in [5.41, 5.74) is 1.79. The highest BCUT2D eigenvalue weighted by molar-refractivity contribution is 8.00. The van der Waals surface area contributed by atoms with Crippen molar-refractivity contribution in [1.29, 1.82) is 5.26 Å². The first-order valence-corrected chi connectivity index (χ1v) is 12.0. The predicted molar refractivity (Wildman–Crippen MR) is 137 cm³/mol. The zero-order valence-electron chi connectivity index (χ0n) is 19.5. The number of hydrogen-bond acceptors (Lipinski definition) is 5. The lowest BCUT2D eigenvalue weighted by Gasteiger charge is -2.14. The lowest BCUT2D eigenvalue weighted by atomic mass is 9.99. The maximum Gasteiger partial charge on any atom is 0.418 e. The van der Waals surface area contributed by atoms with Crippen molar-refractivity contribution in [3.63, 3.8) is 0 Å². The van der Waals surface area contributed by atoms with Gasteiger partial charge in [0.2, 0.25) is 5.91 Å². The van der Waals surface area contributed by atoms with Gasteiger partial charge in [0.15, 0.2) is 0 Å². The number of amides is 1. The fourth-order valence-electron chi connectivity index (χ4n) is 3.65. The monoisotopic (exact) mass is 519 g/mol. The summed E-state index contributed by atoms with van der Waals surface area (Å²) in [5, 5.41) is 12.6.